The summed E-state index contributed by atoms with van der Waals surface area (Å²) in [7, 11) is 0. The number of anilines is 1. The second kappa shape index (κ2) is 7.13. The third kappa shape index (κ3) is 4.37. The van der Waals surface area contributed by atoms with Crippen molar-refractivity contribution < 1.29 is 14.3 Å². The number of esters is 1. The van der Waals surface area contributed by atoms with Crippen LogP contribution in [0.3, 0.4) is 0 Å². The number of hydrogen-bond donors (Lipinski definition) is 2. The van der Waals surface area contributed by atoms with Crippen molar-refractivity contribution in [3.05, 3.63) is 24.3 Å². The Kier molecular flexibility index (Phi) is 4.97. The molecule has 2 rings (SSSR count). The van der Waals surface area contributed by atoms with Crippen molar-refractivity contribution in [2.24, 2.45) is 0 Å². The average Bonchev–Trinajstić information content (AvgIpc) is 3.00. The van der Waals surface area contributed by atoms with E-state index >= 15 is 0 Å². The molecule has 0 aliphatic heterocycles. The van der Waals surface area contributed by atoms with Gasteiger partial charge in [-0.3, -0.25) is 9.59 Å². The van der Waals surface area contributed by atoms with Gasteiger partial charge in [-0.1, -0.05) is 12.1 Å². The smallest absolute Gasteiger partial charge is 0.306 e. The van der Waals surface area contributed by atoms with Gasteiger partial charge in [-0.2, -0.15) is 5.21 Å². The van der Waals surface area contributed by atoms with Gasteiger partial charge in [-0.05, 0) is 24.3 Å². The fourth-order valence-electron chi connectivity index (χ4n) is 1.69. The minimum absolute atomic E-state index is 0.0597. The number of aromatic nitrogens is 4. The van der Waals surface area contributed by atoms with E-state index in [1.165, 1.54) is 0 Å². The number of carbonyl (C=O) groups excluding carboxylic acids is 2. The molecule has 0 atom stereocenters. The lowest BCUT2D eigenvalue weighted by atomic mass is 10.2. The Hall–Kier alpha value is -2.77. The van der Waals surface area contributed by atoms with Crippen molar-refractivity contribution in [3.63, 3.8) is 0 Å². The van der Waals surface area contributed by atoms with Gasteiger partial charge in [0.05, 0.1) is 13.0 Å². The maximum atomic E-state index is 11.8. The van der Waals surface area contributed by atoms with Crippen molar-refractivity contribution in [2.75, 3.05) is 11.9 Å². The summed E-state index contributed by atoms with van der Waals surface area (Å²) in [5.41, 5.74) is 1.33. The zero-order valence-electron chi connectivity index (χ0n) is 11.5. The highest BCUT2D eigenvalue weighted by Gasteiger charge is 2.09. The van der Waals surface area contributed by atoms with Crippen LogP contribution in [0.5, 0.6) is 0 Å². The van der Waals surface area contributed by atoms with Crippen LogP contribution >= 0.6 is 0 Å². The van der Waals surface area contributed by atoms with Crippen molar-refractivity contribution >= 4 is 17.6 Å². The molecule has 1 aromatic carbocycles. The van der Waals surface area contributed by atoms with Crippen LogP contribution in [0.4, 0.5) is 5.69 Å². The van der Waals surface area contributed by atoms with Crippen molar-refractivity contribution in [2.45, 2.75) is 19.8 Å². The molecule has 21 heavy (non-hydrogen) atoms. The molecule has 0 aliphatic rings. The maximum Gasteiger partial charge on any atom is 0.306 e. The SMILES string of the molecule is CCOC(=O)CCC(=O)Nc1cccc(-c2nn[nH]n2)c1. The summed E-state index contributed by atoms with van der Waals surface area (Å²) in [5.74, 6) is -0.195. The number of nitrogens with zero attached hydrogens (tertiary/aromatic N) is 3. The van der Waals surface area contributed by atoms with Crippen LogP contribution in [-0.2, 0) is 14.3 Å². The summed E-state index contributed by atoms with van der Waals surface area (Å²) in [6, 6.07) is 7.05. The minimum Gasteiger partial charge on any atom is -0.466 e. The zero-order chi connectivity index (χ0) is 15.1. The number of aromatic amines is 1. The lowest BCUT2D eigenvalue weighted by Gasteiger charge is -2.06. The molecule has 2 N–H and O–H groups in total. The average molecular weight is 289 g/mol. The van der Waals surface area contributed by atoms with Gasteiger partial charge in [0.1, 0.15) is 0 Å². The molecule has 8 heteroatoms. The van der Waals surface area contributed by atoms with Gasteiger partial charge < -0.3 is 10.1 Å². The van der Waals surface area contributed by atoms with Gasteiger partial charge in [-0.15, -0.1) is 10.2 Å². The van der Waals surface area contributed by atoms with Gasteiger partial charge in [0, 0.05) is 17.7 Å². The molecular weight excluding hydrogens is 274 g/mol. The number of nitrogens with one attached hydrogen (secondary N) is 2. The number of amides is 1. The predicted octanol–water partition coefficient (Wildman–Crippen LogP) is 1.15. The molecule has 2 aromatic rings. The molecule has 0 spiro atoms. The highest BCUT2D eigenvalue weighted by atomic mass is 16.5. The van der Waals surface area contributed by atoms with Crippen molar-refractivity contribution in [3.8, 4) is 11.4 Å². The Labute approximate surface area is 120 Å². The largest absolute Gasteiger partial charge is 0.466 e. The second-order valence-electron chi connectivity index (χ2n) is 4.17. The van der Waals surface area contributed by atoms with E-state index in [4.69, 9.17) is 4.74 Å². The first-order valence-corrected chi connectivity index (χ1v) is 6.48. The Balaban J connectivity index is 1.92. The minimum atomic E-state index is -0.381. The standard InChI is InChI=1S/C13H15N5O3/c1-2-21-12(20)7-6-11(19)14-10-5-3-4-9(8-10)13-15-17-18-16-13/h3-5,8H,2,6-7H2,1H3,(H,14,19)(H,15,16,17,18). The number of benzene rings is 1. The molecular formula is C13H15N5O3. The summed E-state index contributed by atoms with van der Waals surface area (Å²) >= 11 is 0. The van der Waals surface area contributed by atoms with E-state index in [0.29, 0.717) is 18.1 Å². The normalized spacial score (nSPS) is 10.1. The van der Waals surface area contributed by atoms with Gasteiger partial charge in [0.25, 0.3) is 0 Å². The van der Waals surface area contributed by atoms with Crippen molar-refractivity contribution in [1.29, 1.82) is 0 Å². The predicted molar refractivity (Wildman–Crippen MR) is 74.1 cm³/mol. The number of hydrogen-bond acceptors (Lipinski definition) is 6. The van der Waals surface area contributed by atoms with Crippen LogP contribution in [0.2, 0.25) is 0 Å². The third-order valence-corrected chi connectivity index (χ3v) is 2.61. The molecule has 8 nitrogen and oxygen atoms in total. The quantitative estimate of drug-likeness (QED) is 0.772. The lowest BCUT2D eigenvalue weighted by molar-refractivity contribution is -0.144. The Bertz CT molecular complexity index is 612. The molecule has 1 heterocycles. The Morgan fingerprint density at radius 1 is 1.33 bits per heavy atom. The van der Waals surface area contributed by atoms with Crippen LogP contribution in [0, 0.1) is 0 Å². The number of carbonyl (C=O) groups is 2. The molecule has 0 saturated heterocycles. The monoisotopic (exact) mass is 289 g/mol. The first-order valence-electron chi connectivity index (χ1n) is 6.48. The fraction of sp³-hybridized carbons (Fsp3) is 0.308. The van der Waals surface area contributed by atoms with E-state index in [9.17, 15) is 9.59 Å². The van der Waals surface area contributed by atoms with Gasteiger partial charge >= 0.3 is 5.97 Å². The van der Waals surface area contributed by atoms with Gasteiger partial charge in [0.15, 0.2) is 0 Å². The Morgan fingerprint density at radius 2 is 2.19 bits per heavy atom. The van der Waals surface area contributed by atoms with Crippen LogP contribution in [0.1, 0.15) is 19.8 Å². The van der Waals surface area contributed by atoms with E-state index in [1.54, 1.807) is 31.2 Å². The summed E-state index contributed by atoms with van der Waals surface area (Å²) in [6.07, 6.45) is 0.134. The first-order chi connectivity index (χ1) is 10.2. The van der Waals surface area contributed by atoms with Gasteiger partial charge in [-0.25, -0.2) is 0 Å². The van der Waals surface area contributed by atoms with Crippen LogP contribution in [0.15, 0.2) is 24.3 Å². The van der Waals surface area contributed by atoms with E-state index < -0.39 is 0 Å². The Morgan fingerprint density at radius 3 is 2.90 bits per heavy atom. The molecule has 0 unspecified atom stereocenters. The van der Waals surface area contributed by atoms with Crippen LogP contribution < -0.4 is 5.32 Å². The molecule has 1 aromatic heterocycles. The summed E-state index contributed by atoms with van der Waals surface area (Å²) in [5, 5.41) is 16.3. The molecule has 110 valence electrons. The molecule has 0 aliphatic carbocycles. The highest BCUT2D eigenvalue weighted by molar-refractivity contribution is 5.93. The van der Waals surface area contributed by atoms with E-state index in [-0.39, 0.29) is 24.7 Å². The topological polar surface area (TPSA) is 110 Å². The maximum absolute atomic E-state index is 11.8. The van der Waals surface area contributed by atoms with Gasteiger partial charge in [0.2, 0.25) is 11.7 Å². The fourth-order valence-corrected chi connectivity index (χ4v) is 1.69. The summed E-state index contributed by atoms with van der Waals surface area (Å²) < 4.78 is 4.76. The zero-order valence-corrected chi connectivity index (χ0v) is 11.5. The van der Waals surface area contributed by atoms with E-state index in [0.717, 1.165) is 5.56 Å². The third-order valence-electron chi connectivity index (χ3n) is 2.61. The number of ether oxygens (including phenoxy) is 1. The molecule has 0 fully saturated rings. The molecule has 0 bridgehead atoms. The molecule has 1 amide bonds. The molecule has 0 saturated carbocycles. The molecule has 0 radical (unpaired) electrons. The van der Waals surface area contributed by atoms with Crippen LogP contribution in [-0.4, -0.2) is 39.1 Å². The summed E-state index contributed by atoms with van der Waals surface area (Å²) in [4.78, 5) is 22.9. The van der Waals surface area contributed by atoms with Crippen LogP contribution in [0.25, 0.3) is 11.4 Å². The van der Waals surface area contributed by atoms with E-state index in [2.05, 4.69) is 25.9 Å². The first kappa shape index (κ1) is 14.6. The summed E-state index contributed by atoms with van der Waals surface area (Å²) in [6.45, 7) is 2.04. The van der Waals surface area contributed by atoms with E-state index in [1.807, 2.05) is 0 Å². The number of tetrazole rings is 1. The van der Waals surface area contributed by atoms with Crippen molar-refractivity contribution in [1.82, 2.24) is 20.6 Å². The number of H-pyrrole nitrogens is 1. The second-order valence-corrected chi connectivity index (χ2v) is 4.17. The lowest BCUT2D eigenvalue weighted by Crippen LogP contribution is -2.14. The highest BCUT2D eigenvalue weighted by Crippen LogP contribution is 2.18. The number of rotatable bonds is 6.